The summed E-state index contributed by atoms with van der Waals surface area (Å²) in [6.45, 7) is 7.41. The molecular formula is C11H12O2Si. The molecule has 0 atom stereocenters. The molecule has 1 aromatic carbocycles. The van der Waals surface area contributed by atoms with Gasteiger partial charge in [-0.25, -0.2) is 4.79 Å². The van der Waals surface area contributed by atoms with E-state index in [0.717, 1.165) is 5.19 Å². The van der Waals surface area contributed by atoms with Gasteiger partial charge in [0.2, 0.25) is 0 Å². The highest BCUT2D eigenvalue weighted by molar-refractivity contribution is 6.49. The number of hydrogen-bond donors (Lipinski definition) is 0. The fourth-order valence-electron chi connectivity index (χ4n) is 1.01. The second-order valence-electron chi connectivity index (χ2n) is 2.97. The minimum absolute atomic E-state index is 0.0661. The lowest BCUT2D eigenvalue weighted by Crippen LogP contribution is -2.23. The van der Waals surface area contributed by atoms with Crippen LogP contribution in [0, 0.1) is 13.8 Å². The highest BCUT2D eigenvalue weighted by Gasteiger charge is 2.05. The summed E-state index contributed by atoms with van der Waals surface area (Å²) in [5.74, 6) is -0.371. The summed E-state index contributed by atoms with van der Waals surface area (Å²) in [7, 11) is 0.0661. The maximum atomic E-state index is 10.8. The number of carbonyl (C=O) groups excluding carboxylic acids is 1. The van der Waals surface area contributed by atoms with Crippen LogP contribution in [0.25, 0.3) is 0 Å². The molecule has 0 aromatic heterocycles. The van der Waals surface area contributed by atoms with E-state index in [1.807, 2.05) is 32.0 Å². The molecule has 0 heterocycles. The van der Waals surface area contributed by atoms with Gasteiger partial charge in [0.05, 0.1) is 0 Å². The van der Waals surface area contributed by atoms with Crippen molar-refractivity contribution < 1.29 is 9.22 Å². The highest BCUT2D eigenvalue weighted by Crippen LogP contribution is 2.01. The maximum Gasteiger partial charge on any atom is 0.356 e. The van der Waals surface area contributed by atoms with Crippen LogP contribution < -0.4 is 5.19 Å². The molecule has 0 spiro atoms. The van der Waals surface area contributed by atoms with E-state index < -0.39 is 0 Å². The average molecular weight is 204 g/mol. The lowest BCUT2D eigenvalue weighted by atomic mass is 10.1. The van der Waals surface area contributed by atoms with Crippen molar-refractivity contribution in [1.82, 2.24) is 0 Å². The SMILES string of the molecule is C=CC(=O)O[Si]c1cccc(C)c1C. The Labute approximate surface area is 86.5 Å². The number of hydrogen-bond acceptors (Lipinski definition) is 2. The van der Waals surface area contributed by atoms with Gasteiger partial charge in [0.25, 0.3) is 0 Å². The third kappa shape index (κ3) is 2.57. The Balaban J connectivity index is 2.72. The van der Waals surface area contributed by atoms with Crippen molar-refractivity contribution in [2.24, 2.45) is 0 Å². The van der Waals surface area contributed by atoms with Crippen molar-refractivity contribution in [2.75, 3.05) is 0 Å². The Kier molecular flexibility index (Phi) is 3.65. The van der Waals surface area contributed by atoms with E-state index in [4.69, 9.17) is 4.43 Å². The molecule has 3 heteroatoms. The zero-order chi connectivity index (χ0) is 10.6. The van der Waals surface area contributed by atoms with Gasteiger partial charge < -0.3 is 4.43 Å². The number of carbonyl (C=O) groups is 1. The largest absolute Gasteiger partial charge is 0.508 e. The van der Waals surface area contributed by atoms with Crippen molar-refractivity contribution >= 4 is 20.9 Å². The molecule has 1 aromatic rings. The zero-order valence-corrected chi connectivity index (χ0v) is 9.33. The summed E-state index contributed by atoms with van der Waals surface area (Å²) < 4.78 is 4.98. The van der Waals surface area contributed by atoms with Gasteiger partial charge in [-0.15, -0.1) is 0 Å². The van der Waals surface area contributed by atoms with Crippen LogP contribution in [0.15, 0.2) is 30.9 Å². The average Bonchev–Trinajstić information content (AvgIpc) is 2.20. The van der Waals surface area contributed by atoms with Crippen LogP contribution in [-0.2, 0) is 9.22 Å². The molecule has 0 N–H and O–H groups in total. The highest BCUT2D eigenvalue weighted by atomic mass is 28.2. The van der Waals surface area contributed by atoms with Gasteiger partial charge in [-0.05, 0) is 30.2 Å². The first-order chi connectivity index (χ1) is 6.65. The number of benzene rings is 1. The molecule has 72 valence electrons. The van der Waals surface area contributed by atoms with E-state index in [2.05, 4.69) is 6.58 Å². The Morgan fingerprint density at radius 2 is 2.21 bits per heavy atom. The van der Waals surface area contributed by atoms with Crippen molar-refractivity contribution in [1.29, 1.82) is 0 Å². The first kappa shape index (κ1) is 10.7. The third-order valence-electron chi connectivity index (χ3n) is 2.03. The second-order valence-corrected chi connectivity index (χ2v) is 3.92. The number of rotatable bonds is 3. The van der Waals surface area contributed by atoms with E-state index in [1.54, 1.807) is 0 Å². The Morgan fingerprint density at radius 1 is 1.50 bits per heavy atom. The van der Waals surface area contributed by atoms with Crippen molar-refractivity contribution in [3.05, 3.63) is 42.0 Å². The van der Waals surface area contributed by atoms with Gasteiger partial charge in [-0.3, -0.25) is 0 Å². The summed E-state index contributed by atoms with van der Waals surface area (Å²) in [6.07, 6.45) is 1.18. The maximum absolute atomic E-state index is 10.8. The molecule has 0 aliphatic carbocycles. The molecule has 0 unspecified atom stereocenters. The zero-order valence-electron chi connectivity index (χ0n) is 8.33. The summed E-state index contributed by atoms with van der Waals surface area (Å²) in [5.41, 5.74) is 2.40. The molecule has 14 heavy (non-hydrogen) atoms. The van der Waals surface area contributed by atoms with Crippen LogP contribution in [0.4, 0.5) is 0 Å². The fraction of sp³-hybridized carbons (Fsp3) is 0.182. The second kappa shape index (κ2) is 4.76. The van der Waals surface area contributed by atoms with Crippen molar-refractivity contribution in [3.63, 3.8) is 0 Å². The van der Waals surface area contributed by atoms with Crippen LogP contribution in [0.1, 0.15) is 11.1 Å². The molecule has 0 bridgehead atoms. The molecule has 0 fully saturated rings. The molecule has 2 radical (unpaired) electrons. The standard InChI is InChI=1S/C11H12O2Si/c1-4-11(12)13-14-10-7-5-6-8(2)9(10)3/h4-7H,1H2,2-3H3. The fourth-order valence-corrected chi connectivity index (χ4v) is 1.82. The molecule has 0 aliphatic rings. The minimum Gasteiger partial charge on any atom is -0.508 e. The molecule has 1 rings (SSSR count). The Hall–Kier alpha value is -1.35. The normalized spacial score (nSPS) is 9.57. The van der Waals surface area contributed by atoms with E-state index >= 15 is 0 Å². The third-order valence-corrected chi connectivity index (χ3v) is 3.10. The van der Waals surface area contributed by atoms with Crippen LogP contribution in [0.2, 0.25) is 0 Å². The minimum atomic E-state index is -0.371. The van der Waals surface area contributed by atoms with Crippen LogP contribution >= 0.6 is 0 Å². The summed E-state index contributed by atoms with van der Waals surface area (Å²) in [6, 6.07) is 5.97. The van der Waals surface area contributed by atoms with Gasteiger partial charge in [0, 0.05) is 6.08 Å². The summed E-state index contributed by atoms with van der Waals surface area (Å²) >= 11 is 0. The predicted octanol–water partition coefficient (Wildman–Crippen LogP) is 1.28. The molecule has 0 saturated heterocycles. The molecular weight excluding hydrogens is 192 g/mol. The monoisotopic (exact) mass is 204 g/mol. The van der Waals surface area contributed by atoms with Crippen molar-refractivity contribution in [2.45, 2.75) is 13.8 Å². The van der Waals surface area contributed by atoms with Crippen LogP contribution in [-0.4, -0.2) is 15.7 Å². The van der Waals surface area contributed by atoms with Crippen LogP contribution in [0.5, 0.6) is 0 Å². The lowest BCUT2D eigenvalue weighted by Gasteiger charge is -2.06. The smallest absolute Gasteiger partial charge is 0.356 e. The Morgan fingerprint density at radius 3 is 2.86 bits per heavy atom. The molecule has 2 nitrogen and oxygen atoms in total. The van der Waals surface area contributed by atoms with E-state index in [-0.39, 0.29) is 15.7 Å². The first-order valence-electron chi connectivity index (χ1n) is 4.30. The summed E-state index contributed by atoms with van der Waals surface area (Å²) in [5, 5.41) is 1.07. The topological polar surface area (TPSA) is 26.3 Å². The molecule has 0 saturated carbocycles. The first-order valence-corrected chi connectivity index (χ1v) is 5.21. The molecule has 0 amide bonds. The van der Waals surface area contributed by atoms with Gasteiger partial charge in [0.1, 0.15) is 0 Å². The van der Waals surface area contributed by atoms with E-state index in [9.17, 15) is 4.79 Å². The van der Waals surface area contributed by atoms with Crippen LogP contribution in [0.3, 0.4) is 0 Å². The lowest BCUT2D eigenvalue weighted by molar-refractivity contribution is -0.128. The van der Waals surface area contributed by atoms with E-state index in [0.29, 0.717) is 0 Å². The van der Waals surface area contributed by atoms with Gasteiger partial charge >= 0.3 is 15.7 Å². The predicted molar refractivity (Wildman–Crippen MR) is 57.6 cm³/mol. The quantitative estimate of drug-likeness (QED) is 0.547. The van der Waals surface area contributed by atoms with Gasteiger partial charge in [0.15, 0.2) is 0 Å². The van der Waals surface area contributed by atoms with Crippen molar-refractivity contribution in [3.8, 4) is 0 Å². The van der Waals surface area contributed by atoms with Gasteiger partial charge in [-0.1, -0.05) is 24.8 Å². The van der Waals surface area contributed by atoms with Gasteiger partial charge in [-0.2, -0.15) is 0 Å². The number of aryl methyl sites for hydroxylation is 1. The Bertz CT molecular complexity index is 358. The van der Waals surface area contributed by atoms with E-state index in [1.165, 1.54) is 17.2 Å². The molecule has 0 aliphatic heterocycles. The summed E-state index contributed by atoms with van der Waals surface area (Å²) in [4.78, 5) is 10.8.